The standard InChI is InChI=1S/C11H11N3O2S/c1-7-6-8(10(15)16)13-11(12-7)14(2)9-4-3-5-17-9/h3-6H,1-2H3,(H,15,16). The van der Waals surface area contributed by atoms with Gasteiger partial charge in [-0.15, -0.1) is 11.3 Å². The molecular weight excluding hydrogens is 238 g/mol. The van der Waals surface area contributed by atoms with Crippen LogP contribution in [-0.2, 0) is 0 Å². The molecule has 0 fully saturated rings. The molecule has 2 aromatic heterocycles. The number of hydrogen-bond acceptors (Lipinski definition) is 5. The smallest absolute Gasteiger partial charge is 0.354 e. The molecule has 5 nitrogen and oxygen atoms in total. The summed E-state index contributed by atoms with van der Waals surface area (Å²) in [6.45, 7) is 1.75. The van der Waals surface area contributed by atoms with Gasteiger partial charge in [-0.3, -0.25) is 0 Å². The summed E-state index contributed by atoms with van der Waals surface area (Å²) in [6, 6.07) is 5.30. The minimum Gasteiger partial charge on any atom is -0.477 e. The van der Waals surface area contributed by atoms with Crippen molar-refractivity contribution in [3.05, 3.63) is 35.0 Å². The Hall–Kier alpha value is -1.95. The van der Waals surface area contributed by atoms with Crippen molar-refractivity contribution in [1.29, 1.82) is 0 Å². The third kappa shape index (κ3) is 2.42. The summed E-state index contributed by atoms with van der Waals surface area (Å²) in [5.74, 6) is -0.652. The lowest BCUT2D eigenvalue weighted by Crippen LogP contribution is -2.14. The quantitative estimate of drug-likeness (QED) is 0.904. The van der Waals surface area contributed by atoms with Gasteiger partial charge >= 0.3 is 5.97 Å². The Morgan fingerprint density at radius 1 is 1.47 bits per heavy atom. The lowest BCUT2D eigenvalue weighted by molar-refractivity contribution is 0.0690. The molecule has 2 aromatic rings. The first-order valence-electron chi connectivity index (χ1n) is 4.94. The van der Waals surface area contributed by atoms with E-state index in [1.807, 2.05) is 24.6 Å². The molecule has 17 heavy (non-hydrogen) atoms. The number of carboxylic acid groups (broad SMARTS) is 1. The van der Waals surface area contributed by atoms with E-state index in [-0.39, 0.29) is 5.69 Å². The Kier molecular flexibility index (Phi) is 3.06. The van der Waals surface area contributed by atoms with Crippen LogP contribution in [0.3, 0.4) is 0 Å². The third-order valence-electron chi connectivity index (χ3n) is 2.20. The molecule has 6 heteroatoms. The zero-order valence-electron chi connectivity index (χ0n) is 9.41. The van der Waals surface area contributed by atoms with Crippen molar-refractivity contribution in [3.8, 4) is 0 Å². The molecule has 2 rings (SSSR count). The topological polar surface area (TPSA) is 66.3 Å². The average molecular weight is 249 g/mol. The predicted molar refractivity (Wildman–Crippen MR) is 66.1 cm³/mol. The molecule has 0 aliphatic rings. The summed E-state index contributed by atoms with van der Waals surface area (Å²) in [5.41, 5.74) is 0.645. The molecule has 2 heterocycles. The van der Waals surface area contributed by atoms with E-state index in [9.17, 15) is 4.79 Å². The average Bonchev–Trinajstić information content (AvgIpc) is 2.80. The monoisotopic (exact) mass is 249 g/mol. The van der Waals surface area contributed by atoms with E-state index in [1.54, 1.807) is 23.2 Å². The van der Waals surface area contributed by atoms with Crippen LogP contribution in [0.15, 0.2) is 23.6 Å². The highest BCUT2D eigenvalue weighted by Gasteiger charge is 2.13. The molecule has 1 N–H and O–H groups in total. The number of hydrogen-bond donors (Lipinski definition) is 1. The van der Waals surface area contributed by atoms with Crippen LogP contribution < -0.4 is 4.90 Å². The van der Waals surface area contributed by atoms with Crippen LogP contribution in [0.2, 0.25) is 0 Å². The first-order valence-corrected chi connectivity index (χ1v) is 5.82. The van der Waals surface area contributed by atoms with Crippen molar-refractivity contribution in [2.75, 3.05) is 11.9 Å². The molecule has 0 aliphatic carbocycles. The third-order valence-corrected chi connectivity index (χ3v) is 3.14. The molecular formula is C11H11N3O2S. The van der Waals surface area contributed by atoms with Gasteiger partial charge in [0, 0.05) is 12.7 Å². The predicted octanol–water partition coefficient (Wildman–Crippen LogP) is 2.31. The van der Waals surface area contributed by atoms with E-state index in [2.05, 4.69) is 9.97 Å². The number of rotatable bonds is 3. The van der Waals surface area contributed by atoms with Crippen LogP contribution in [0.5, 0.6) is 0 Å². The van der Waals surface area contributed by atoms with Crippen LogP contribution >= 0.6 is 11.3 Å². The van der Waals surface area contributed by atoms with Gasteiger partial charge in [0.1, 0.15) is 0 Å². The number of thiophene rings is 1. The maximum Gasteiger partial charge on any atom is 0.354 e. The van der Waals surface area contributed by atoms with E-state index < -0.39 is 5.97 Å². The molecule has 0 spiro atoms. The Bertz CT molecular complexity index is 540. The first kappa shape index (κ1) is 11.5. The first-order chi connectivity index (χ1) is 8.08. The highest BCUT2D eigenvalue weighted by molar-refractivity contribution is 7.14. The van der Waals surface area contributed by atoms with Crippen molar-refractivity contribution in [2.45, 2.75) is 6.92 Å². The van der Waals surface area contributed by atoms with Crippen LogP contribution in [-0.4, -0.2) is 28.1 Å². The highest BCUT2D eigenvalue weighted by Crippen LogP contribution is 2.25. The molecule has 0 aromatic carbocycles. The molecule has 0 saturated carbocycles. The van der Waals surface area contributed by atoms with Gasteiger partial charge in [-0.1, -0.05) is 0 Å². The molecule has 0 unspecified atom stereocenters. The maximum absolute atomic E-state index is 10.9. The van der Waals surface area contributed by atoms with Crippen molar-refractivity contribution in [1.82, 2.24) is 9.97 Å². The zero-order valence-corrected chi connectivity index (χ0v) is 10.2. The largest absolute Gasteiger partial charge is 0.477 e. The van der Waals surface area contributed by atoms with Crippen LogP contribution in [0.1, 0.15) is 16.2 Å². The number of nitrogens with zero attached hydrogens (tertiary/aromatic N) is 3. The van der Waals surface area contributed by atoms with E-state index in [4.69, 9.17) is 5.11 Å². The Balaban J connectivity index is 2.42. The molecule has 0 saturated heterocycles. The number of carboxylic acids is 1. The SMILES string of the molecule is Cc1cc(C(=O)O)nc(N(C)c2cccs2)n1. The fourth-order valence-electron chi connectivity index (χ4n) is 1.37. The molecule has 0 bridgehead atoms. The van der Waals surface area contributed by atoms with Gasteiger partial charge in [0.2, 0.25) is 5.95 Å². The molecule has 0 atom stereocenters. The van der Waals surface area contributed by atoms with Gasteiger partial charge in [0.25, 0.3) is 0 Å². The van der Waals surface area contributed by atoms with E-state index in [0.29, 0.717) is 11.6 Å². The van der Waals surface area contributed by atoms with Crippen LogP contribution in [0.25, 0.3) is 0 Å². The minimum absolute atomic E-state index is 0.0101. The highest BCUT2D eigenvalue weighted by atomic mass is 32.1. The summed E-state index contributed by atoms with van der Waals surface area (Å²) in [5, 5.41) is 11.8. The summed E-state index contributed by atoms with van der Waals surface area (Å²) in [6.07, 6.45) is 0. The van der Waals surface area contributed by atoms with Crippen LogP contribution in [0.4, 0.5) is 10.9 Å². The second-order valence-electron chi connectivity index (χ2n) is 3.51. The minimum atomic E-state index is -1.05. The molecule has 0 radical (unpaired) electrons. The zero-order chi connectivity index (χ0) is 12.4. The van der Waals surface area contributed by atoms with Crippen molar-refractivity contribution in [2.24, 2.45) is 0 Å². The second-order valence-corrected chi connectivity index (χ2v) is 4.44. The fraction of sp³-hybridized carbons (Fsp3) is 0.182. The number of aromatic nitrogens is 2. The van der Waals surface area contributed by atoms with Gasteiger partial charge < -0.3 is 10.0 Å². The summed E-state index contributed by atoms with van der Waals surface area (Å²) in [4.78, 5) is 20.9. The van der Waals surface area contributed by atoms with E-state index in [1.165, 1.54) is 6.07 Å². The summed E-state index contributed by atoms with van der Waals surface area (Å²) >= 11 is 1.54. The number of aryl methyl sites for hydroxylation is 1. The lowest BCUT2D eigenvalue weighted by Gasteiger charge is -2.15. The van der Waals surface area contributed by atoms with Gasteiger partial charge in [-0.25, -0.2) is 14.8 Å². The lowest BCUT2D eigenvalue weighted by atomic mass is 10.3. The van der Waals surface area contributed by atoms with Crippen LogP contribution in [0, 0.1) is 6.92 Å². The van der Waals surface area contributed by atoms with Crippen molar-refractivity contribution >= 4 is 28.3 Å². The number of carbonyl (C=O) groups is 1. The fourth-order valence-corrected chi connectivity index (χ4v) is 2.07. The molecule has 0 aliphatic heterocycles. The van der Waals surface area contributed by atoms with Gasteiger partial charge in [0.05, 0.1) is 5.00 Å². The molecule has 88 valence electrons. The van der Waals surface area contributed by atoms with Gasteiger partial charge in [0.15, 0.2) is 5.69 Å². The normalized spacial score (nSPS) is 10.2. The Morgan fingerprint density at radius 2 is 2.24 bits per heavy atom. The summed E-state index contributed by atoms with van der Waals surface area (Å²) < 4.78 is 0. The molecule has 0 amide bonds. The van der Waals surface area contributed by atoms with Crippen molar-refractivity contribution in [3.63, 3.8) is 0 Å². The Morgan fingerprint density at radius 3 is 2.82 bits per heavy atom. The summed E-state index contributed by atoms with van der Waals surface area (Å²) in [7, 11) is 1.81. The van der Waals surface area contributed by atoms with Crippen molar-refractivity contribution < 1.29 is 9.90 Å². The van der Waals surface area contributed by atoms with Gasteiger partial charge in [-0.2, -0.15) is 0 Å². The van der Waals surface area contributed by atoms with E-state index >= 15 is 0 Å². The number of aromatic carboxylic acids is 1. The number of anilines is 2. The second kappa shape index (κ2) is 4.50. The Labute approximate surface area is 102 Å². The van der Waals surface area contributed by atoms with E-state index in [0.717, 1.165) is 5.00 Å². The van der Waals surface area contributed by atoms with Gasteiger partial charge in [-0.05, 0) is 30.5 Å². The maximum atomic E-state index is 10.9.